The van der Waals surface area contributed by atoms with Crippen LogP contribution in [0.3, 0.4) is 0 Å². The van der Waals surface area contributed by atoms with Crippen LogP contribution in [0.1, 0.15) is 47.3 Å². The Morgan fingerprint density at radius 3 is 2.91 bits per heavy atom. The third-order valence-electron chi connectivity index (χ3n) is 4.35. The number of hydrogen-bond donors (Lipinski definition) is 1. The maximum absolute atomic E-state index is 12.3. The van der Waals surface area contributed by atoms with E-state index in [4.69, 9.17) is 4.74 Å². The molecule has 1 amide bonds. The number of nitrogens with one attached hydrogen (secondary N) is 1. The van der Waals surface area contributed by atoms with E-state index in [1.165, 1.54) is 12.8 Å². The van der Waals surface area contributed by atoms with Crippen molar-refractivity contribution < 1.29 is 9.53 Å². The van der Waals surface area contributed by atoms with E-state index in [-0.39, 0.29) is 12.0 Å². The molecule has 0 radical (unpaired) electrons. The fourth-order valence-corrected chi connectivity index (χ4v) is 2.82. The van der Waals surface area contributed by atoms with Crippen LogP contribution in [0.15, 0.2) is 24.5 Å². The fraction of sp³-hybridized carbons (Fsp3) is 0.471. The number of carbonyl (C=O) groups is 1. The molecular weight excluding hydrogens is 292 g/mol. The van der Waals surface area contributed by atoms with Gasteiger partial charge in [-0.25, -0.2) is 4.98 Å². The van der Waals surface area contributed by atoms with Crippen molar-refractivity contribution in [1.29, 1.82) is 0 Å². The molecule has 1 aliphatic carbocycles. The fourth-order valence-electron chi connectivity index (χ4n) is 2.82. The van der Waals surface area contributed by atoms with Crippen LogP contribution in [0.5, 0.6) is 5.88 Å². The molecule has 1 aliphatic rings. The number of ether oxygens (including phenoxy) is 1. The van der Waals surface area contributed by atoms with E-state index in [1.807, 2.05) is 26.1 Å². The Bertz CT molecular complexity index is 690. The monoisotopic (exact) mass is 314 g/mol. The molecule has 2 aromatic heterocycles. The summed E-state index contributed by atoms with van der Waals surface area (Å²) < 4.78 is 7.68. The van der Waals surface area contributed by atoms with Crippen LogP contribution in [-0.2, 0) is 13.6 Å². The predicted molar refractivity (Wildman–Crippen MR) is 86.2 cm³/mol. The van der Waals surface area contributed by atoms with Gasteiger partial charge in [0.1, 0.15) is 6.10 Å². The molecule has 1 fully saturated rings. The number of hydrogen-bond acceptors (Lipinski definition) is 4. The number of amides is 1. The summed E-state index contributed by atoms with van der Waals surface area (Å²) in [6, 6.07) is 3.80. The van der Waals surface area contributed by atoms with Gasteiger partial charge in [-0.3, -0.25) is 9.48 Å². The first-order valence-electron chi connectivity index (χ1n) is 8.02. The first-order chi connectivity index (χ1) is 11.1. The molecule has 23 heavy (non-hydrogen) atoms. The highest BCUT2D eigenvalue weighted by atomic mass is 16.5. The molecule has 2 aromatic rings. The van der Waals surface area contributed by atoms with Gasteiger partial charge in [-0.1, -0.05) is 6.07 Å². The molecule has 0 aromatic carbocycles. The topological polar surface area (TPSA) is 69.0 Å². The lowest BCUT2D eigenvalue weighted by Gasteiger charge is -2.15. The van der Waals surface area contributed by atoms with Gasteiger partial charge < -0.3 is 10.1 Å². The van der Waals surface area contributed by atoms with Gasteiger partial charge in [-0.2, -0.15) is 5.10 Å². The number of aromatic nitrogens is 3. The van der Waals surface area contributed by atoms with E-state index in [9.17, 15) is 4.79 Å². The van der Waals surface area contributed by atoms with Gasteiger partial charge in [-0.15, -0.1) is 0 Å². The second-order valence-electron chi connectivity index (χ2n) is 5.94. The van der Waals surface area contributed by atoms with Crippen LogP contribution in [0, 0.1) is 6.92 Å². The first kappa shape index (κ1) is 15.5. The maximum atomic E-state index is 12.3. The molecule has 1 N–H and O–H groups in total. The largest absolute Gasteiger partial charge is 0.474 e. The lowest BCUT2D eigenvalue weighted by atomic mass is 10.2. The Balaban J connectivity index is 1.65. The molecule has 0 saturated heterocycles. The average Bonchev–Trinajstić information content (AvgIpc) is 3.17. The van der Waals surface area contributed by atoms with Crippen LogP contribution >= 0.6 is 0 Å². The second kappa shape index (κ2) is 6.81. The van der Waals surface area contributed by atoms with Gasteiger partial charge >= 0.3 is 0 Å². The molecule has 1 saturated carbocycles. The van der Waals surface area contributed by atoms with Crippen molar-refractivity contribution in [3.05, 3.63) is 41.3 Å². The molecule has 2 heterocycles. The molecule has 0 bridgehead atoms. The van der Waals surface area contributed by atoms with Gasteiger partial charge in [0.25, 0.3) is 5.91 Å². The van der Waals surface area contributed by atoms with Gasteiger partial charge in [0.05, 0.1) is 11.8 Å². The molecule has 3 rings (SSSR count). The molecule has 0 atom stereocenters. The van der Waals surface area contributed by atoms with E-state index < -0.39 is 0 Å². The van der Waals surface area contributed by atoms with E-state index in [0.717, 1.165) is 24.1 Å². The summed E-state index contributed by atoms with van der Waals surface area (Å²) in [4.78, 5) is 16.6. The van der Waals surface area contributed by atoms with Crippen molar-refractivity contribution in [2.45, 2.75) is 45.3 Å². The average molecular weight is 314 g/mol. The number of carbonyl (C=O) groups excluding carboxylic acids is 1. The summed E-state index contributed by atoms with van der Waals surface area (Å²) >= 11 is 0. The highest BCUT2D eigenvalue weighted by Gasteiger charge is 2.19. The normalized spacial score (nSPS) is 14.9. The third-order valence-corrected chi connectivity index (χ3v) is 4.35. The van der Waals surface area contributed by atoms with Crippen LogP contribution in [-0.4, -0.2) is 26.8 Å². The van der Waals surface area contributed by atoms with Crippen molar-refractivity contribution in [3.63, 3.8) is 0 Å². The predicted octanol–water partition coefficient (Wildman–Crippen LogP) is 2.37. The zero-order chi connectivity index (χ0) is 16.2. The smallest absolute Gasteiger partial charge is 0.255 e. The van der Waals surface area contributed by atoms with Crippen molar-refractivity contribution >= 4 is 5.91 Å². The van der Waals surface area contributed by atoms with Gasteiger partial charge in [0, 0.05) is 31.0 Å². The number of aryl methyl sites for hydroxylation is 1. The van der Waals surface area contributed by atoms with Crippen LogP contribution in [0.25, 0.3) is 0 Å². The highest BCUT2D eigenvalue weighted by Crippen LogP contribution is 2.25. The summed E-state index contributed by atoms with van der Waals surface area (Å²) in [5.74, 6) is 0.494. The molecular formula is C17H22N4O2. The quantitative estimate of drug-likeness (QED) is 0.920. The van der Waals surface area contributed by atoms with E-state index in [1.54, 1.807) is 17.1 Å². The van der Waals surface area contributed by atoms with Gasteiger partial charge in [-0.05, 0) is 38.7 Å². The minimum Gasteiger partial charge on any atom is -0.474 e. The first-order valence-corrected chi connectivity index (χ1v) is 8.02. The Morgan fingerprint density at radius 1 is 1.43 bits per heavy atom. The van der Waals surface area contributed by atoms with Gasteiger partial charge in [0.15, 0.2) is 0 Å². The molecule has 0 aliphatic heterocycles. The highest BCUT2D eigenvalue weighted by molar-refractivity contribution is 5.94. The van der Waals surface area contributed by atoms with E-state index in [2.05, 4.69) is 15.4 Å². The van der Waals surface area contributed by atoms with E-state index >= 15 is 0 Å². The van der Waals surface area contributed by atoms with Crippen molar-refractivity contribution in [3.8, 4) is 5.88 Å². The summed E-state index contributed by atoms with van der Waals surface area (Å²) in [6.45, 7) is 2.27. The lowest BCUT2D eigenvalue weighted by Crippen LogP contribution is -2.24. The summed E-state index contributed by atoms with van der Waals surface area (Å²) in [5, 5.41) is 7.02. The van der Waals surface area contributed by atoms with Crippen LogP contribution in [0.2, 0.25) is 0 Å². The second-order valence-corrected chi connectivity index (χ2v) is 5.94. The van der Waals surface area contributed by atoms with Crippen LogP contribution in [0.4, 0.5) is 0 Å². The molecule has 0 spiro atoms. The number of pyridine rings is 1. The van der Waals surface area contributed by atoms with Crippen LogP contribution < -0.4 is 10.1 Å². The Labute approximate surface area is 135 Å². The SMILES string of the molecule is Cc1c(C(=O)NCc2cccnc2OC2CCCC2)cnn1C. The summed E-state index contributed by atoms with van der Waals surface area (Å²) in [6.07, 6.45) is 8.15. The minimum atomic E-state index is -0.133. The van der Waals surface area contributed by atoms with E-state index in [0.29, 0.717) is 18.0 Å². The number of nitrogens with zero attached hydrogens (tertiary/aromatic N) is 3. The minimum absolute atomic E-state index is 0.133. The molecule has 0 unspecified atom stereocenters. The standard InChI is InChI=1S/C17H22N4O2/c1-12-15(11-20-21(12)2)16(22)19-10-13-6-5-9-18-17(13)23-14-7-3-4-8-14/h5-6,9,11,14H,3-4,7-8,10H2,1-2H3,(H,19,22). The Hall–Kier alpha value is -2.37. The summed E-state index contributed by atoms with van der Waals surface area (Å²) in [5.41, 5.74) is 2.33. The molecule has 6 nitrogen and oxygen atoms in total. The molecule has 6 heteroatoms. The third kappa shape index (κ3) is 3.52. The van der Waals surface area contributed by atoms with Gasteiger partial charge in [0.2, 0.25) is 5.88 Å². The Kier molecular flexibility index (Phi) is 4.60. The summed E-state index contributed by atoms with van der Waals surface area (Å²) in [7, 11) is 1.82. The van der Waals surface area contributed by atoms with Crippen molar-refractivity contribution in [2.75, 3.05) is 0 Å². The Morgan fingerprint density at radius 2 is 2.22 bits per heavy atom. The lowest BCUT2D eigenvalue weighted by molar-refractivity contribution is 0.0949. The maximum Gasteiger partial charge on any atom is 0.255 e. The van der Waals surface area contributed by atoms with Crippen molar-refractivity contribution in [1.82, 2.24) is 20.1 Å². The van der Waals surface area contributed by atoms with Crippen molar-refractivity contribution in [2.24, 2.45) is 7.05 Å². The molecule has 122 valence electrons. The zero-order valence-corrected chi connectivity index (χ0v) is 13.6. The number of rotatable bonds is 5. The zero-order valence-electron chi connectivity index (χ0n) is 13.6.